The molecule has 4 nitrogen and oxygen atoms in total. The van der Waals surface area contributed by atoms with E-state index in [1.54, 1.807) is 4.68 Å². The molecule has 21 heavy (non-hydrogen) atoms. The zero-order valence-electron chi connectivity index (χ0n) is 14.1. The lowest BCUT2D eigenvalue weighted by Gasteiger charge is -2.07. The first-order valence-electron chi connectivity index (χ1n) is 8.37. The average Bonchev–Trinajstić information content (AvgIpc) is 2.78. The van der Waals surface area contributed by atoms with Crippen molar-refractivity contribution in [3.8, 4) is 0 Å². The second-order valence-electron chi connectivity index (χ2n) is 5.59. The van der Waals surface area contributed by atoms with E-state index in [1.165, 1.54) is 0 Å². The lowest BCUT2D eigenvalue weighted by molar-refractivity contribution is 0.0485. The van der Waals surface area contributed by atoms with Gasteiger partial charge in [0.2, 0.25) is 0 Å². The molecular weight excluding hydrogens is 264 g/mol. The molecule has 0 atom stereocenters. The number of unbranched alkanes of at least 4 members (excludes halogenated alkanes) is 3. The molecule has 0 bridgehead atoms. The molecule has 0 N–H and O–H groups in total. The lowest BCUT2D eigenvalue weighted by atomic mass is 10.0. The van der Waals surface area contributed by atoms with Gasteiger partial charge in [-0.1, -0.05) is 40.0 Å². The molecule has 0 unspecified atom stereocenters. The maximum Gasteiger partial charge on any atom is 0.356 e. The van der Waals surface area contributed by atoms with E-state index in [-0.39, 0.29) is 5.97 Å². The summed E-state index contributed by atoms with van der Waals surface area (Å²) in [7, 11) is 1.85. The van der Waals surface area contributed by atoms with Gasteiger partial charge in [0.25, 0.3) is 0 Å². The fraction of sp³-hybridized carbons (Fsp3) is 0.765. The van der Waals surface area contributed by atoms with Crippen LogP contribution in [0.5, 0.6) is 0 Å². The highest BCUT2D eigenvalue weighted by Gasteiger charge is 2.22. The van der Waals surface area contributed by atoms with Gasteiger partial charge in [-0.2, -0.15) is 5.10 Å². The van der Waals surface area contributed by atoms with Crippen LogP contribution in [0, 0.1) is 0 Å². The lowest BCUT2D eigenvalue weighted by Crippen LogP contribution is -2.13. The third kappa shape index (κ3) is 5.18. The predicted molar refractivity (Wildman–Crippen MR) is 85.6 cm³/mol. The van der Waals surface area contributed by atoms with E-state index < -0.39 is 0 Å². The SMILES string of the molecule is CCCCOC(=O)c1c(CCCC)c(CCCC)nn1C. The van der Waals surface area contributed by atoms with Crippen molar-refractivity contribution in [3.05, 3.63) is 17.0 Å². The number of aryl methyl sites for hydroxylation is 2. The van der Waals surface area contributed by atoms with Crippen molar-refractivity contribution in [2.45, 2.75) is 72.1 Å². The third-order valence-corrected chi connectivity index (χ3v) is 3.70. The average molecular weight is 294 g/mol. The zero-order chi connectivity index (χ0) is 15.7. The second-order valence-corrected chi connectivity index (χ2v) is 5.59. The quantitative estimate of drug-likeness (QED) is 0.483. The van der Waals surface area contributed by atoms with Crippen molar-refractivity contribution in [3.63, 3.8) is 0 Å². The number of carbonyl (C=O) groups excluding carboxylic acids is 1. The molecule has 0 radical (unpaired) electrons. The Bertz CT molecular complexity index is 438. The van der Waals surface area contributed by atoms with Gasteiger partial charge in [0.05, 0.1) is 12.3 Å². The smallest absolute Gasteiger partial charge is 0.356 e. The first kappa shape index (κ1) is 17.7. The normalized spacial score (nSPS) is 10.9. The molecule has 0 saturated carbocycles. The van der Waals surface area contributed by atoms with E-state index in [2.05, 4.69) is 25.9 Å². The van der Waals surface area contributed by atoms with Crippen molar-refractivity contribution in [1.29, 1.82) is 0 Å². The minimum atomic E-state index is -0.215. The number of rotatable bonds is 10. The second kappa shape index (κ2) is 9.59. The van der Waals surface area contributed by atoms with Gasteiger partial charge < -0.3 is 4.74 Å². The number of carbonyl (C=O) groups is 1. The van der Waals surface area contributed by atoms with Crippen LogP contribution < -0.4 is 0 Å². The number of hydrogen-bond acceptors (Lipinski definition) is 3. The fourth-order valence-electron chi connectivity index (χ4n) is 2.42. The Labute approximate surface area is 128 Å². The predicted octanol–water partition coefficient (Wildman–Crippen LogP) is 4.06. The Morgan fingerprint density at radius 2 is 1.67 bits per heavy atom. The van der Waals surface area contributed by atoms with E-state index >= 15 is 0 Å². The van der Waals surface area contributed by atoms with Gasteiger partial charge >= 0.3 is 5.97 Å². The third-order valence-electron chi connectivity index (χ3n) is 3.70. The zero-order valence-corrected chi connectivity index (χ0v) is 14.1. The van der Waals surface area contributed by atoms with Gasteiger partial charge in [-0.15, -0.1) is 0 Å². The van der Waals surface area contributed by atoms with Gasteiger partial charge in [0.15, 0.2) is 0 Å². The summed E-state index contributed by atoms with van der Waals surface area (Å²) < 4.78 is 7.10. The van der Waals surface area contributed by atoms with E-state index in [0.29, 0.717) is 12.3 Å². The maximum atomic E-state index is 12.3. The minimum Gasteiger partial charge on any atom is -0.461 e. The molecule has 120 valence electrons. The van der Waals surface area contributed by atoms with E-state index in [1.807, 2.05) is 7.05 Å². The number of aromatic nitrogens is 2. The topological polar surface area (TPSA) is 44.1 Å². The molecule has 0 fully saturated rings. The van der Waals surface area contributed by atoms with Crippen LogP contribution in [0.1, 0.15) is 81.0 Å². The van der Waals surface area contributed by atoms with Gasteiger partial charge in [0, 0.05) is 12.6 Å². The molecule has 0 aliphatic carbocycles. The molecule has 0 spiro atoms. The highest BCUT2D eigenvalue weighted by atomic mass is 16.5. The molecule has 0 aliphatic heterocycles. The Balaban J connectivity index is 2.92. The number of esters is 1. The Morgan fingerprint density at radius 1 is 1.05 bits per heavy atom. The maximum absolute atomic E-state index is 12.3. The highest BCUT2D eigenvalue weighted by Crippen LogP contribution is 2.20. The van der Waals surface area contributed by atoms with Crippen molar-refractivity contribution >= 4 is 5.97 Å². The molecule has 0 aromatic carbocycles. The molecule has 1 rings (SSSR count). The van der Waals surface area contributed by atoms with Crippen molar-refractivity contribution in [2.24, 2.45) is 7.05 Å². The summed E-state index contributed by atoms with van der Waals surface area (Å²) in [6, 6.07) is 0. The highest BCUT2D eigenvalue weighted by molar-refractivity contribution is 5.89. The Hall–Kier alpha value is -1.32. The molecular formula is C17H30N2O2. The van der Waals surface area contributed by atoms with E-state index in [4.69, 9.17) is 4.74 Å². The van der Waals surface area contributed by atoms with Crippen LogP contribution in [-0.4, -0.2) is 22.4 Å². The first-order chi connectivity index (χ1) is 10.2. The largest absolute Gasteiger partial charge is 0.461 e. The van der Waals surface area contributed by atoms with Crippen LogP contribution in [0.4, 0.5) is 0 Å². The van der Waals surface area contributed by atoms with Crippen molar-refractivity contribution in [2.75, 3.05) is 6.61 Å². The van der Waals surface area contributed by atoms with Gasteiger partial charge in [-0.05, 0) is 32.1 Å². The summed E-state index contributed by atoms with van der Waals surface area (Å²) in [5.41, 5.74) is 2.84. The van der Waals surface area contributed by atoms with Crippen LogP contribution in [0.3, 0.4) is 0 Å². The number of hydrogen-bond donors (Lipinski definition) is 0. The monoisotopic (exact) mass is 294 g/mol. The summed E-state index contributed by atoms with van der Waals surface area (Å²) in [5.74, 6) is -0.215. The van der Waals surface area contributed by atoms with Crippen LogP contribution in [0.25, 0.3) is 0 Å². The Kier molecular flexibility index (Phi) is 8.09. The number of nitrogens with zero attached hydrogens (tertiary/aromatic N) is 2. The summed E-state index contributed by atoms with van der Waals surface area (Å²) in [6.07, 6.45) is 8.26. The van der Waals surface area contributed by atoms with Crippen molar-refractivity contribution in [1.82, 2.24) is 9.78 Å². The minimum absolute atomic E-state index is 0.215. The molecule has 0 aliphatic rings. The molecule has 1 aromatic rings. The number of ether oxygens (including phenoxy) is 1. The Morgan fingerprint density at radius 3 is 2.29 bits per heavy atom. The van der Waals surface area contributed by atoms with Crippen LogP contribution >= 0.6 is 0 Å². The summed E-state index contributed by atoms with van der Waals surface area (Å²) >= 11 is 0. The van der Waals surface area contributed by atoms with Crippen molar-refractivity contribution < 1.29 is 9.53 Å². The fourth-order valence-corrected chi connectivity index (χ4v) is 2.42. The van der Waals surface area contributed by atoms with Gasteiger partial charge in [0.1, 0.15) is 5.69 Å². The van der Waals surface area contributed by atoms with Crippen LogP contribution in [0.15, 0.2) is 0 Å². The molecule has 1 aromatic heterocycles. The summed E-state index contributed by atoms with van der Waals surface area (Å²) in [4.78, 5) is 12.3. The van der Waals surface area contributed by atoms with Gasteiger partial charge in [-0.25, -0.2) is 4.79 Å². The molecule has 0 amide bonds. The van der Waals surface area contributed by atoms with Crippen LogP contribution in [0.2, 0.25) is 0 Å². The standard InChI is InChI=1S/C17H30N2O2/c1-5-8-11-14-15(12-9-6-2)18-19(4)16(14)17(20)21-13-10-7-3/h5-13H2,1-4H3. The summed E-state index contributed by atoms with van der Waals surface area (Å²) in [5, 5.41) is 4.57. The molecule has 0 saturated heterocycles. The molecule has 1 heterocycles. The van der Waals surface area contributed by atoms with E-state index in [9.17, 15) is 4.79 Å². The summed E-state index contributed by atoms with van der Waals surface area (Å²) in [6.45, 7) is 6.93. The van der Waals surface area contributed by atoms with Crippen LogP contribution in [-0.2, 0) is 24.6 Å². The van der Waals surface area contributed by atoms with E-state index in [0.717, 1.165) is 62.6 Å². The van der Waals surface area contributed by atoms with Gasteiger partial charge in [-0.3, -0.25) is 4.68 Å². The first-order valence-corrected chi connectivity index (χ1v) is 8.37. The molecule has 4 heteroatoms.